The van der Waals surface area contributed by atoms with Crippen LogP contribution in [0, 0.1) is 0 Å². The lowest BCUT2D eigenvalue weighted by Crippen LogP contribution is -2.53. The van der Waals surface area contributed by atoms with E-state index in [0.717, 1.165) is 0 Å². The Morgan fingerprint density at radius 2 is 0.794 bits per heavy atom. The first-order valence-electron chi connectivity index (χ1n) is 8.54. The van der Waals surface area contributed by atoms with Gasteiger partial charge in [-0.25, -0.2) is 0 Å². The fraction of sp³-hybridized carbons (Fsp3) is 0.111. The van der Waals surface area contributed by atoms with Gasteiger partial charge in [0.2, 0.25) is 8.67 Å². The van der Waals surface area contributed by atoms with Crippen molar-refractivity contribution < 1.29 is 16.8 Å². The van der Waals surface area contributed by atoms with Crippen LogP contribution in [0.1, 0.15) is 0 Å². The van der Waals surface area contributed by atoms with Crippen LogP contribution < -0.4 is 0 Å². The summed E-state index contributed by atoms with van der Waals surface area (Å²) in [6.45, 7) is 0. The third-order valence-electron chi connectivity index (χ3n) is 4.24. The highest BCUT2D eigenvalue weighted by atomic mass is 35.5. The molecule has 0 saturated carbocycles. The first-order chi connectivity index (χ1) is 15.5. The Morgan fingerprint density at radius 3 is 1.06 bits per heavy atom. The van der Waals surface area contributed by atoms with Crippen molar-refractivity contribution in [2.45, 2.75) is 18.5 Å². The standard InChI is InChI=1S/C18H8Cl8N2O4S2/c19-9-1-5-11(6-2-9)33(29,30)27-15-13(21)14(22)16(18(25,26)17(15,23)24)28-34(31,32)12-7-3-10(20)4-8-12/h1-8H/b27-15-,28-16+. The summed E-state index contributed by atoms with van der Waals surface area (Å²) in [4.78, 5) is -0.567. The molecule has 16 heteroatoms. The van der Waals surface area contributed by atoms with E-state index in [9.17, 15) is 16.8 Å². The number of alkyl halides is 4. The molecule has 182 valence electrons. The quantitative estimate of drug-likeness (QED) is 0.329. The summed E-state index contributed by atoms with van der Waals surface area (Å²) in [5.41, 5.74) is -1.49. The molecule has 1 aliphatic rings. The van der Waals surface area contributed by atoms with Gasteiger partial charge in [0.25, 0.3) is 20.0 Å². The molecule has 2 aromatic carbocycles. The molecule has 2 aromatic rings. The number of rotatable bonds is 4. The van der Waals surface area contributed by atoms with Gasteiger partial charge in [0, 0.05) is 10.0 Å². The molecule has 34 heavy (non-hydrogen) atoms. The zero-order valence-corrected chi connectivity index (χ0v) is 23.7. The van der Waals surface area contributed by atoms with Gasteiger partial charge < -0.3 is 0 Å². The molecule has 3 rings (SSSR count). The van der Waals surface area contributed by atoms with Gasteiger partial charge >= 0.3 is 0 Å². The smallest absolute Gasteiger partial charge is 0.199 e. The Labute approximate surface area is 235 Å². The number of allylic oxidation sites excluding steroid dienone is 2. The van der Waals surface area contributed by atoms with E-state index in [0.29, 0.717) is 0 Å². The first kappa shape index (κ1) is 28.3. The van der Waals surface area contributed by atoms with Crippen LogP contribution in [-0.4, -0.2) is 36.9 Å². The number of hydrogen-bond acceptors (Lipinski definition) is 4. The summed E-state index contributed by atoms with van der Waals surface area (Å²) in [6.07, 6.45) is 0. The van der Waals surface area contributed by atoms with E-state index >= 15 is 0 Å². The number of benzene rings is 2. The Hall–Kier alpha value is -0.260. The number of sulfonamides is 2. The summed E-state index contributed by atoms with van der Waals surface area (Å²) < 4.78 is 53.1. The summed E-state index contributed by atoms with van der Waals surface area (Å²) in [5.74, 6) is 0. The van der Waals surface area contributed by atoms with E-state index in [1.54, 1.807) is 0 Å². The zero-order chi connectivity index (χ0) is 25.7. The number of nitrogens with zero attached hydrogens (tertiary/aromatic N) is 2. The minimum absolute atomic E-state index is 0.276. The van der Waals surface area contributed by atoms with E-state index in [1.165, 1.54) is 48.5 Å². The van der Waals surface area contributed by atoms with Gasteiger partial charge in [0.1, 0.15) is 11.4 Å². The molecule has 0 amide bonds. The molecule has 0 heterocycles. The molecule has 0 radical (unpaired) electrons. The van der Waals surface area contributed by atoms with Crippen molar-refractivity contribution in [2.24, 2.45) is 8.80 Å². The molecular formula is C18H8Cl8N2O4S2. The van der Waals surface area contributed by atoms with Crippen LogP contribution in [0.15, 0.2) is 77.2 Å². The Balaban J connectivity index is 2.22. The lowest BCUT2D eigenvalue weighted by Gasteiger charge is -2.38. The van der Waals surface area contributed by atoms with Crippen LogP contribution in [0.25, 0.3) is 0 Å². The average Bonchev–Trinajstić information content (AvgIpc) is 2.74. The topological polar surface area (TPSA) is 93.0 Å². The van der Waals surface area contributed by atoms with Gasteiger partial charge in [0.15, 0.2) is 0 Å². The maximum absolute atomic E-state index is 12.8. The predicted molar refractivity (Wildman–Crippen MR) is 140 cm³/mol. The van der Waals surface area contributed by atoms with Gasteiger partial charge in [-0.15, -0.1) is 0 Å². The van der Waals surface area contributed by atoms with Crippen LogP contribution in [0.2, 0.25) is 10.0 Å². The minimum atomic E-state index is -4.46. The number of halogens is 8. The Bertz CT molecular complexity index is 1340. The van der Waals surface area contributed by atoms with Crippen molar-refractivity contribution >= 4 is 124 Å². The summed E-state index contributed by atoms with van der Waals surface area (Å²) in [7, 11) is -8.92. The van der Waals surface area contributed by atoms with E-state index in [2.05, 4.69) is 8.80 Å². The van der Waals surface area contributed by atoms with Crippen LogP contribution in [0.5, 0.6) is 0 Å². The normalized spacial score (nSPS) is 20.7. The molecule has 1 aliphatic carbocycles. The van der Waals surface area contributed by atoms with Crippen molar-refractivity contribution in [3.63, 3.8) is 0 Å². The van der Waals surface area contributed by atoms with E-state index in [1.807, 2.05) is 0 Å². The molecular weight excluding hydrogens is 656 g/mol. The first-order valence-corrected chi connectivity index (χ1v) is 14.4. The van der Waals surface area contributed by atoms with Crippen molar-refractivity contribution in [1.82, 2.24) is 0 Å². The lowest BCUT2D eigenvalue weighted by atomic mass is 10.0. The van der Waals surface area contributed by atoms with Gasteiger partial charge in [0.05, 0.1) is 19.9 Å². The second kappa shape index (κ2) is 9.89. The van der Waals surface area contributed by atoms with Crippen molar-refractivity contribution in [2.75, 3.05) is 0 Å². The van der Waals surface area contributed by atoms with E-state index in [4.69, 9.17) is 92.8 Å². The fourth-order valence-electron chi connectivity index (χ4n) is 2.53. The predicted octanol–water partition coefficient (Wildman–Crippen LogP) is 7.00. The fourth-order valence-corrected chi connectivity index (χ4v) is 6.84. The third kappa shape index (κ3) is 5.37. The second-order valence-corrected chi connectivity index (χ2v) is 14.0. The minimum Gasteiger partial charge on any atom is -0.199 e. The van der Waals surface area contributed by atoms with E-state index in [-0.39, 0.29) is 19.8 Å². The molecule has 0 atom stereocenters. The van der Waals surface area contributed by atoms with Crippen LogP contribution >= 0.6 is 92.8 Å². The molecule has 0 aromatic heterocycles. The summed E-state index contributed by atoms with van der Waals surface area (Å²) >= 11 is 49.2. The highest BCUT2D eigenvalue weighted by Gasteiger charge is 2.61. The summed E-state index contributed by atoms with van der Waals surface area (Å²) in [6, 6.07) is 9.95. The molecule has 0 aliphatic heterocycles. The number of hydrogen-bond donors (Lipinski definition) is 0. The maximum atomic E-state index is 12.8. The van der Waals surface area contributed by atoms with Crippen molar-refractivity contribution in [3.05, 3.63) is 68.6 Å². The van der Waals surface area contributed by atoms with Crippen LogP contribution in [0.3, 0.4) is 0 Å². The summed E-state index contributed by atoms with van der Waals surface area (Å²) in [5, 5.41) is -0.715. The van der Waals surface area contributed by atoms with Crippen LogP contribution in [0.4, 0.5) is 0 Å². The zero-order valence-electron chi connectivity index (χ0n) is 16.0. The van der Waals surface area contributed by atoms with Crippen LogP contribution in [-0.2, 0) is 20.0 Å². The van der Waals surface area contributed by atoms with Crippen molar-refractivity contribution in [3.8, 4) is 0 Å². The Morgan fingerprint density at radius 1 is 0.529 bits per heavy atom. The van der Waals surface area contributed by atoms with Gasteiger partial charge in [-0.1, -0.05) is 92.8 Å². The molecule has 0 N–H and O–H groups in total. The molecule has 0 bridgehead atoms. The van der Waals surface area contributed by atoms with E-state index < -0.39 is 50.2 Å². The lowest BCUT2D eigenvalue weighted by molar-refractivity contribution is 0.595. The van der Waals surface area contributed by atoms with Crippen molar-refractivity contribution in [1.29, 1.82) is 0 Å². The Kier molecular flexibility index (Phi) is 8.24. The molecule has 0 saturated heterocycles. The highest BCUT2D eigenvalue weighted by molar-refractivity contribution is 7.90. The monoisotopic (exact) mass is 660 g/mol. The molecule has 6 nitrogen and oxygen atoms in total. The van der Waals surface area contributed by atoms with Gasteiger partial charge in [-0.05, 0) is 48.5 Å². The molecule has 0 fully saturated rings. The highest BCUT2D eigenvalue weighted by Crippen LogP contribution is 2.53. The van der Waals surface area contributed by atoms with Gasteiger partial charge in [-0.3, -0.25) is 0 Å². The third-order valence-corrected chi connectivity index (χ3v) is 10.4. The molecule has 0 unspecified atom stereocenters. The second-order valence-electron chi connectivity index (χ2n) is 6.51. The van der Waals surface area contributed by atoms with Gasteiger partial charge in [-0.2, -0.15) is 25.6 Å². The SMILES string of the molecule is O=S(=O)(/N=C1C(Cl)=C(Cl)/C(=N\S(=O)(=O)c2ccc(Cl)cc2)C(Cl)(Cl)C/1(Cl)Cl)c1ccc(Cl)cc1. The largest absolute Gasteiger partial charge is 0.282 e. The molecule has 0 spiro atoms. The maximum Gasteiger partial charge on any atom is 0.282 e. The average molecular weight is 664 g/mol.